The Balaban J connectivity index is 1.46. The third kappa shape index (κ3) is 6.55. The Kier molecular flexibility index (Phi) is 8.16. The van der Waals surface area contributed by atoms with Gasteiger partial charge in [0.1, 0.15) is 18.8 Å². The Morgan fingerprint density at radius 2 is 1.85 bits per heavy atom. The van der Waals surface area contributed by atoms with E-state index in [1.165, 1.54) is 31.4 Å². The summed E-state index contributed by atoms with van der Waals surface area (Å²) in [5.41, 5.74) is 2.71. The Morgan fingerprint density at radius 3 is 2.54 bits per heavy atom. The third-order valence-electron chi connectivity index (χ3n) is 5.72. The maximum absolute atomic E-state index is 12.9. The van der Waals surface area contributed by atoms with Crippen molar-refractivity contribution in [1.82, 2.24) is 10.2 Å². The van der Waals surface area contributed by atoms with Gasteiger partial charge in [-0.1, -0.05) is 41.4 Å². The summed E-state index contributed by atoms with van der Waals surface area (Å²) in [4.78, 5) is 49.7. The number of nitrogens with zero attached hydrogens (tertiary/aromatic N) is 1. The number of rotatable bonds is 9. The number of ether oxygens (including phenoxy) is 2. The fraction of sp³-hybridized carbons (Fsp3) is 0.143. The molecule has 0 aliphatic carbocycles. The van der Waals surface area contributed by atoms with Crippen molar-refractivity contribution in [2.24, 2.45) is 0 Å². The maximum Gasteiger partial charge on any atom is 0.335 e. The number of nitrogens with one attached hydrogen (secondary N) is 2. The van der Waals surface area contributed by atoms with Crippen LogP contribution >= 0.6 is 11.6 Å². The molecule has 0 atom stereocenters. The molecule has 200 valence electrons. The molecule has 3 N–H and O–H groups in total. The number of carbonyl (C=O) groups excluding carboxylic acids is 3. The molecule has 1 fully saturated rings. The summed E-state index contributed by atoms with van der Waals surface area (Å²) in [6.07, 6.45) is 1.41. The Hall–Kier alpha value is -4.83. The molecule has 10 nitrogen and oxygen atoms in total. The van der Waals surface area contributed by atoms with Crippen molar-refractivity contribution in [2.45, 2.75) is 13.5 Å². The smallest absolute Gasteiger partial charge is 0.335 e. The highest BCUT2D eigenvalue weighted by Crippen LogP contribution is 2.37. The number of carboxylic acid groups (broad SMARTS) is 1. The Bertz CT molecular complexity index is 1480. The van der Waals surface area contributed by atoms with Gasteiger partial charge in [-0.15, -0.1) is 0 Å². The van der Waals surface area contributed by atoms with Gasteiger partial charge in [0, 0.05) is 5.69 Å². The van der Waals surface area contributed by atoms with Crippen LogP contribution in [0.15, 0.2) is 66.4 Å². The van der Waals surface area contributed by atoms with E-state index < -0.39 is 30.4 Å². The summed E-state index contributed by atoms with van der Waals surface area (Å²) in [5, 5.41) is 14.5. The van der Waals surface area contributed by atoms with Crippen LogP contribution in [0, 0.1) is 6.92 Å². The quantitative estimate of drug-likeness (QED) is 0.265. The molecule has 0 saturated carbocycles. The number of hydrogen-bond donors (Lipinski definition) is 3. The highest BCUT2D eigenvalue weighted by Gasteiger charge is 2.35. The number of aryl methyl sites for hydroxylation is 1. The number of urea groups is 1. The first-order valence-corrected chi connectivity index (χ1v) is 12.1. The number of carbonyl (C=O) groups is 4. The van der Waals surface area contributed by atoms with Crippen molar-refractivity contribution in [3.8, 4) is 11.5 Å². The van der Waals surface area contributed by atoms with Crippen molar-refractivity contribution in [2.75, 3.05) is 19.0 Å². The molecule has 4 rings (SSSR count). The number of hydrogen-bond acceptors (Lipinski definition) is 6. The van der Waals surface area contributed by atoms with E-state index in [1.807, 2.05) is 19.1 Å². The first kappa shape index (κ1) is 27.2. The summed E-state index contributed by atoms with van der Waals surface area (Å²) in [6, 6.07) is 15.8. The molecule has 0 radical (unpaired) electrons. The van der Waals surface area contributed by atoms with E-state index in [0.29, 0.717) is 16.8 Å². The molecule has 0 unspecified atom stereocenters. The molecule has 39 heavy (non-hydrogen) atoms. The molecule has 0 bridgehead atoms. The minimum absolute atomic E-state index is 0.0335. The minimum atomic E-state index is -1.05. The molecular formula is C28H24ClN3O7. The molecule has 1 saturated heterocycles. The number of imide groups is 1. The van der Waals surface area contributed by atoms with E-state index in [4.69, 9.17) is 21.1 Å². The van der Waals surface area contributed by atoms with E-state index in [1.54, 1.807) is 30.3 Å². The van der Waals surface area contributed by atoms with Gasteiger partial charge in [-0.3, -0.25) is 9.59 Å². The predicted molar refractivity (Wildman–Crippen MR) is 144 cm³/mol. The molecular weight excluding hydrogens is 526 g/mol. The highest BCUT2D eigenvalue weighted by atomic mass is 35.5. The summed E-state index contributed by atoms with van der Waals surface area (Å²) in [6.45, 7) is 1.49. The van der Waals surface area contributed by atoms with Crippen LogP contribution in [0.4, 0.5) is 10.5 Å². The van der Waals surface area contributed by atoms with Crippen LogP contribution in [0.2, 0.25) is 5.02 Å². The monoisotopic (exact) mass is 549 g/mol. The minimum Gasteiger partial charge on any atom is -0.493 e. The predicted octanol–water partition coefficient (Wildman–Crippen LogP) is 4.47. The van der Waals surface area contributed by atoms with Crippen LogP contribution in [0.5, 0.6) is 11.5 Å². The lowest BCUT2D eigenvalue weighted by Crippen LogP contribution is -2.38. The number of carboxylic acids is 1. The van der Waals surface area contributed by atoms with E-state index in [9.17, 15) is 24.3 Å². The number of halogens is 1. The van der Waals surface area contributed by atoms with Crippen molar-refractivity contribution in [1.29, 1.82) is 0 Å². The zero-order chi connectivity index (χ0) is 28.1. The normalized spacial score (nSPS) is 13.8. The van der Waals surface area contributed by atoms with E-state index in [0.717, 1.165) is 10.5 Å². The topological polar surface area (TPSA) is 134 Å². The SMILES string of the molecule is COc1cc(/C=C2\NC(=O)N(CC(=O)Nc3ccc(C)cc3)C2=O)cc(Cl)c1OCc1cccc(C(=O)O)c1. The van der Waals surface area contributed by atoms with Gasteiger partial charge in [0.2, 0.25) is 5.91 Å². The van der Waals surface area contributed by atoms with Gasteiger partial charge < -0.3 is 25.2 Å². The van der Waals surface area contributed by atoms with Crippen LogP contribution in [0.3, 0.4) is 0 Å². The van der Waals surface area contributed by atoms with Crippen molar-refractivity contribution in [3.05, 3.63) is 93.6 Å². The average Bonchev–Trinajstić information content (AvgIpc) is 3.16. The van der Waals surface area contributed by atoms with Gasteiger partial charge >= 0.3 is 12.0 Å². The number of aromatic carboxylic acids is 1. The fourth-order valence-electron chi connectivity index (χ4n) is 3.78. The first-order valence-electron chi connectivity index (χ1n) is 11.7. The lowest BCUT2D eigenvalue weighted by atomic mass is 10.1. The second-order valence-electron chi connectivity index (χ2n) is 8.62. The zero-order valence-corrected chi connectivity index (χ0v) is 21.7. The molecule has 0 aromatic heterocycles. The van der Waals surface area contributed by atoms with Crippen LogP contribution in [0.25, 0.3) is 6.08 Å². The largest absolute Gasteiger partial charge is 0.493 e. The van der Waals surface area contributed by atoms with Gasteiger partial charge in [-0.05, 0) is 60.5 Å². The van der Waals surface area contributed by atoms with Crippen molar-refractivity contribution < 1.29 is 33.8 Å². The molecule has 3 aromatic carbocycles. The van der Waals surface area contributed by atoms with Crippen molar-refractivity contribution >= 4 is 47.2 Å². The van der Waals surface area contributed by atoms with Crippen molar-refractivity contribution in [3.63, 3.8) is 0 Å². The molecule has 0 spiro atoms. The Morgan fingerprint density at radius 1 is 1.10 bits per heavy atom. The molecule has 1 heterocycles. The van der Waals surface area contributed by atoms with Gasteiger partial charge in [-0.25, -0.2) is 14.5 Å². The van der Waals surface area contributed by atoms with Gasteiger partial charge in [-0.2, -0.15) is 0 Å². The first-order chi connectivity index (χ1) is 18.6. The zero-order valence-electron chi connectivity index (χ0n) is 21.0. The Labute approximate surface area is 228 Å². The van der Waals surface area contributed by atoms with E-state index in [2.05, 4.69) is 10.6 Å². The van der Waals surface area contributed by atoms with Gasteiger partial charge in [0.15, 0.2) is 11.5 Å². The maximum atomic E-state index is 12.9. The number of amides is 4. The van der Waals surface area contributed by atoms with Gasteiger partial charge in [0.25, 0.3) is 5.91 Å². The van der Waals surface area contributed by atoms with Gasteiger partial charge in [0.05, 0.1) is 17.7 Å². The lowest BCUT2D eigenvalue weighted by molar-refractivity contribution is -0.127. The molecule has 3 aromatic rings. The summed E-state index contributed by atoms with van der Waals surface area (Å²) >= 11 is 6.43. The van der Waals surface area contributed by atoms with Crippen LogP contribution in [-0.2, 0) is 16.2 Å². The number of methoxy groups -OCH3 is 1. The third-order valence-corrected chi connectivity index (χ3v) is 6.00. The van der Waals surface area contributed by atoms with Crippen LogP contribution < -0.4 is 20.1 Å². The molecule has 1 aliphatic heterocycles. The average molecular weight is 550 g/mol. The second kappa shape index (κ2) is 11.7. The van der Waals surface area contributed by atoms with E-state index >= 15 is 0 Å². The molecule has 11 heteroatoms. The second-order valence-corrected chi connectivity index (χ2v) is 9.03. The number of anilines is 1. The molecule has 1 aliphatic rings. The van der Waals surface area contributed by atoms with E-state index in [-0.39, 0.29) is 34.4 Å². The van der Waals surface area contributed by atoms with Crippen LogP contribution in [0.1, 0.15) is 27.0 Å². The fourth-order valence-corrected chi connectivity index (χ4v) is 4.05. The standard InChI is InChI=1S/C28H24ClN3O7/c1-16-6-8-20(9-7-16)30-24(33)14-32-26(34)22(31-28(32)37)12-18-11-21(29)25(23(13-18)38-2)39-15-17-4-3-5-19(10-17)27(35)36/h3-13H,14-15H2,1-2H3,(H,30,33)(H,31,37)(H,35,36)/b22-12-. The summed E-state index contributed by atoms with van der Waals surface area (Å²) < 4.78 is 11.2. The summed E-state index contributed by atoms with van der Waals surface area (Å²) in [7, 11) is 1.41. The molecule has 4 amide bonds. The lowest BCUT2D eigenvalue weighted by Gasteiger charge is -2.14. The van der Waals surface area contributed by atoms with Crippen LogP contribution in [-0.4, -0.2) is 47.5 Å². The highest BCUT2D eigenvalue weighted by molar-refractivity contribution is 6.32. The number of benzene rings is 3. The summed E-state index contributed by atoms with van der Waals surface area (Å²) in [5.74, 6) is -1.77.